The molecule has 0 atom stereocenters. The lowest BCUT2D eigenvalue weighted by atomic mass is 10.2. The number of esters is 1. The Morgan fingerprint density at radius 3 is 2.67 bits per heavy atom. The van der Waals surface area contributed by atoms with Crippen molar-refractivity contribution in [2.45, 2.75) is 4.90 Å². The summed E-state index contributed by atoms with van der Waals surface area (Å²) in [5.41, 5.74) is 0.326. The van der Waals surface area contributed by atoms with E-state index in [0.717, 1.165) is 11.8 Å². The van der Waals surface area contributed by atoms with Gasteiger partial charge in [0.05, 0.1) is 12.7 Å². The molecule has 0 aliphatic rings. The average molecular weight is 226 g/mol. The van der Waals surface area contributed by atoms with Crippen LogP contribution in [0, 0.1) is 0 Å². The molecule has 0 aliphatic heterocycles. The van der Waals surface area contributed by atoms with Crippen LogP contribution in [0.25, 0.3) is 0 Å². The highest BCUT2D eigenvalue weighted by atomic mass is 32.2. The molecule has 0 aliphatic carbocycles. The Morgan fingerprint density at radius 2 is 2.07 bits per heavy atom. The summed E-state index contributed by atoms with van der Waals surface area (Å²) in [6, 6.07) is 6.59. The first-order valence-corrected chi connectivity index (χ1v) is 4.99. The van der Waals surface area contributed by atoms with Crippen molar-refractivity contribution in [1.82, 2.24) is 0 Å². The second kappa shape index (κ2) is 5.53. The summed E-state index contributed by atoms with van der Waals surface area (Å²) in [7, 11) is 1.28. The van der Waals surface area contributed by atoms with E-state index in [4.69, 9.17) is 5.11 Å². The molecule has 1 aromatic carbocycles. The maximum atomic E-state index is 11.3. The molecule has 0 amide bonds. The van der Waals surface area contributed by atoms with Crippen LogP contribution in [0.15, 0.2) is 29.2 Å². The zero-order valence-electron chi connectivity index (χ0n) is 8.10. The van der Waals surface area contributed by atoms with Crippen molar-refractivity contribution in [2.75, 3.05) is 13.7 Å². The largest absolute Gasteiger partial charge is 0.465 e. The van der Waals surface area contributed by atoms with Gasteiger partial charge in [-0.05, 0) is 23.9 Å². The first-order valence-electron chi connectivity index (χ1n) is 4.18. The van der Waals surface area contributed by atoms with E-state index >= 15 is 0 Å². The van der Waals surface area contributed by atoms with Gasteiger partial charge in [0.25, 0.3) is 0 Å². The monoisotopic (exact) mass is 226 g/mol. The van der Waals surface area contributed by atoms with E-state index in [-0.39, 0.29) is 0 Å². The molecule has 0 heterocycles. The number of thioether (sulfide) groups is 1. The lowest BCUT2D eigenvalue weighted by Crippen LogP contribution is -2.05. The van der Waals surface area contributed by atoms with E-state index in [0.29, 0.717) is 10.5 Å². The number of carbonyl (C=O) groups excluding carboxylic acids is 2. The van der Waals surface area contributed by atoms with Gasteiger partial charge in [-0.1, -0.05) is 12.1 Å². The Morgan fingerprint density at radius 1 is 1.40 bits per heavy atom. The second-order valence-electron chi connectivity index (χ2n) is 2.62. The first-order chi connectivity index (χ1) is 7.19. The number of rotatable bonds is 3. The SMILES string of the molecule is COC(=O)c1ccccc1SC(=O)CO. The second-order valence-corrected chi connectivity index (χ2v) is 3.72. The predicted molar refractivity (Wildman–Crippen MR) is 55.7 cm³/mol. The van der Waals surface area contributed by atoms with Gasteiger partial charge >= 0.3 is 5.97 Å². The number of benzene rings is 1. The van der Waals surface area contributed by atoms with E-state index in [9.17, 15) is 9.59 Å². The molecule has 0 spiro atoms. The summed E-state index contributed by atoms with van der Waals surface area (Å²) in [4.78, 5) is 22.8. The zero-order valence-corrected chi connectivity index (χ0v) is 8.91. The third-order valence-electron chi connectivity index (χ3n) is 1.65. The minimum Gasteiger partial charge on any atom is -0.465 e. The van der Waals surface area contributed by atoms with Crippen LogP contribution in [0.5, 0.6) is 0 Å². The van der Waals surface area contributed by atoms with E-state index in [1.54, 1.807) is 24.3 Å². The van der Waals surface area contributed by atoms with Crippen LogP contribution in [0.4, 0.5) is 0 Å². The highest BCUT2D eigenvalue weighted by Crippen LogP contribution is 2.23. The van der Waals surface area contributed by atoms with E-state index in [1.807, 2.05) is 0 Å². The molecule has 15 heavy (non-hydrogen) atoms. The lowest BCUT2D eigenvalue weighted by molar-refractivity contribution is -0.113. The van der Waals surface area contributed by atoms with Gasteiger partial charge in [0.1, 0.15) is 6.61 Å². The molecule has 80 valence electrons. The Hall–Kier alpha value is -1.33. The van der Waals surface area contributed by atoms with Crippen molar-refractivity contribution in [3.8, 4) is 0 Å². The maximum absolute atomic E-state index is 11.3. The quantitative estimate of drug-likeness (QED) is 0.617. The van der Waals surface area contributed by atoms with Crippen molar-refractivity contribution in [1.29, 1.82) is 0 Å². The van der Waals surface area contributed by atoms with Crippen molar-refractivity contribution in [3.05, 3.63) is 29.8 Å². The number of methoxy groups -OCH3 is 1. The van der Waals surface area contributed by atoms with Gasteiger partial charge in [-0.2, -0.15) is 0 Å². The number of ether oxygens (including phenoxy) is 1. The fraction of sp³-hybridized carbons (Fsp3) is 0.200. The molecule has 0 bridgehead atoms. The smallest absolute Gasteiger partial charge is 0.339 e. The molecule has 0 unspecified atom stereocenters. The molecule has 1 N–H and O–H groups in total. The van der Waals surface area contributed by atoms with E-state index in [2.05, 4.69) is 4.74 Å². The van der Waals surface area contributed by atoms with Crippen LogP contribution < -0.4 is 0 Å². The molecule has 0 saturated carbocycles. The number of carbonyl (C=O) groups is 2. The Bertz CT molecular complexity index is 375. The molecule has 0 aromatic heterocycles. The Labute approximate surface area is 91.2 Å². The normalized spacial score (nSPS) is 9.73. The predicted octanol–water partition coefficient (Wildman–Crippen LogP) is 1.08. The van der Waals surface area contributed by atoms with Crippen molar-refractivity contribution in [2.24, 2.45) is 0 Å². The number of aliphatic hydroxyl groups excluding tert-OH is 1. The summed E-state index contributed by atoms with van der Waals surface area (Å²) < 4.78 is 4.57. The number of hydrogen-bond donors (Lipinski definition) is 1. The minimum absolute atomic E-state index is 0.326. The standard InChI is InChI=1S/C10H10O4S/c1-14-10(13)7-4-2-3-5-8(7)15-9(12)6-11/h2-5,11H,6H2,1H3. The average Bonchev–Trinajstić information content (AvgIpc) is 2.28. The molecular weight excluding hydrogens is 216 g/mol. The number of aliphatic hydroxyl groups is 1. The highest BCUT2D eigenvalue weighted by molar-refractivity contribution is 8.13. The van der Waals surface area contributed by atoms with Gasteiger partial charge < -0.3 is 9.84 Å². The van der Waals surface area contributed by atoms with Gasteiger partial charge in [-0.25, -0.2) is 4.79 Å². The Kier molecular flexibility index (Phi) is 4.33. The van der Waals surface area contributed by atoms with Crippen LogP contribution in [-0.4, -0.2) is 29.9 Å². The van der Waals surface area contributed by atoms with Crippen molar-refractivity contribution in [3.63, 3.8) is 0 Å². The summed E-state index contributed by atoms with van der Waals surface area (Å²) in [6.07, 6.45) is 0. The third kappa shape index (κ3) is 3.07. The van der Waals surface area contributed by atoms with Gasteiger partial charge in [0, 0.05) is 4.90 Å². The van der Waals surface area contributed by atoms with Crippen molar-refractivity contribution < 1.29 is 19.4 Å². The molecule has 0 fully saturated rings. The van der Waals surface area contributed by atoms with Gasteiger partial charge in [0.2, 0.25) is 5.12 Å². The van der Waals surface area contributed by atoms with Gasteiger partial charge in [0.15, 0.2) is 0 Å². The van der Waals surface area contributed by atoms with E-state index < -0.39 is 17.7 Å². The molecular formula is C10H10O4S. The summed E-state index contributed by atoms with van der Waals surface area (Å²) in [5.74, 6) is -0.496. The topological polar surface area (TPSA) is 63.6 Å². The van der Waals surface area contributed by atoms with Crippen LogP contribution >= 0.6 is 11.8 Å². The van der Waals surface area contributed by atoms with E-state index in [1.165, 1.54) is 7.11 Å². The first kappa shape index (κ1) is 11.7. The number of hydrogen-bond acceptors (Lipinski definition) is 5. The van der Waals surface area contributed by atoms with Gasteiger partial charge in [-0.3, -0.25) is 4.79 Å². The zero-order chi connectivity index (χ0) is 11.3. The molecule has 1 rings (SSSR count). The Balaban J connectivity index is 2.96. The van der Waals surface area contributed by atoms with Crippen LogP contribution in [-0.2, 0) is 9.53 Å². The molecule has 0 radical (unpaired) electrons. The minimum atomic E-state index is -0.555. The van der Waals surface area contributed by atoms with Crippen LogP contribution in [0.2, 0.25) is 0 Å². The fourth-order valence-corrected chi connectivity index (χ4v) is 1.71. The van der Waals surface area contributed by atoms with Crippen LogP contribution in [0.1, 0.15) is 10.4 Å². The van der Waals surface area contributed by atoms with Crippen molar-refractivity contribution >= 4 is 22.8 Å². The molecule has 5 heteroatoms. The molecule has 1 aromatic rings. The molecule has 4 nitrogen and oxygen atoms in total. The maximum Gasteiger partial charge on any atom is 0.339 e. The lowest BCUT2D eigenvalue weighted by Gasteiger charge is -2.04. The fourth-order valence-electron chi connectivity index (χ4n) is 0.989. The summed E-state index contributed by atoms with van der Waals surface area (Å²) in [6.45, 7) is -0.555. The highest BCUT2D eigenvalue weighted by Gasteiger charge is 2.13. The summed E-state index contributed by atoms with van der Waals surface area (Å²) >= 11 is 0.824. The third-order valence-corrected chi connectivity index (χ3v) is 2.58. The molecule has 0 saturated heterocycles. The van der Waals surface area contributed by atoms with Crippen LogP contribution in [0.3, 0.4) is 0 Å². The van der Waals surface area contributed by atoms with Gasteiger partial charge in [-0.15, -0.1) is 0 Å². The summed E-state index contributed by atoms with van der Waals surface area (Å²) in [5, 5.41) is 8.19.